The van der Waals surface area contributed by atoms with Crippen LogP contribution in [0.25, 0.3) is 6.08 Å². The summed E-state index contributed by atoms with van der Waals surface area (Å²) < 4.78 is 15.5. The second kappa shape index (κ2) is 8.72. The van der Waals surface area contributed by atoms with Crippen molar-refractivity contribution in [3.8, 4) is 11.5 Å². The molecule has 8 heteroatoms. The van der Waals surface area contributed by atoms with Crippen LogP contribution in [0.5, 0.6) is 11.5 Å². The Kier molecular flexibility index (Phi) is 6.39. The Balaban J connectivity index is 1.89. The van der Waals surface area contributed by atoms with Gasteiger partial charge in [0.2, 0.25) is 0 Å². The number of urea groups is 1. The summed E-state index contributed by atoms with van der Waals surface area (Å²) in [5.41, 5.74) is 0.711. The van der Waals surface area contributed by atoms with E-state index in [0.29, 0.717) is 30.2 Å². The molecule has 3 amide bonds. The Morgan fingerprint density at radius 2 is 2.12 bits per heavy atom. The molecule has 134 valence electrons. The molecule has 0 aliphatic carbocycles. The van der Waals surface area contributed by atoms with Crippen LogP contribution in [0, 0.1) is 0 Å². The molecule has 0 aromatic heterocycles. The predicted molar refractivity (Wildman–Crippen MR) is 89.3 cm³/mol. The third-order valence-electron chi connectivity index (χ3n) is 3.40. The molecule has 1 N–H and O–H groups in total. The zero-order valence-electron chi connectivity index (χ0n) is 14.1. The van der Waals surface area contributed by atoms with Crippen molar-refractivity contribution in [2.24, 2.45) is 0 Å². The van der Waals surface area contributed by atoms with Gasteiger partial charge in [-0.2, -0.15) is 0 Å². The van der Waals surface area contributed by atoms with E-state index in [4.69, 9.17) is 14.2 Å². The topological polar surface area (TPSA) is 94.2 Å². The molecule has 1 aromatic rings. The lowest BCUT2D eigenvalue weighted by molar-refractivity contribution is -0.146. The number of nitrogens with zero attached hydrogens (tertiary/aromatic N) is 1. The molecule has 0 atom stereocenters. The van der Waals surface area contributed by atoms with Crippen LogP contribution in [-0.2, 0) is 14.3 Å². The van der Waals surface area contributed by atoms with E-state index in [-0.39, 0.29) is 6.54 Å². The minimum atomic E-state index is -0.680. The summed E-state index contributed by atoms with van der Waals surface area (Å²) in [5.74, 6) is -0.0768. The van der Waals surface area contributed by atoms with Gasteiger partial charge in [0, 0.05) is 19.2 Å². The molecular weight excluding hydrogens is 328 g/mol. The van der Waals surface area contributed by atoms with Gasteiger partial charge < -0.3 is 19.5 Å². The van der Waals surface area contributed by atoms with Crippen molar-refractivity contribution in [2.45, 2.75) is 6.92 Å². The number of carbonyl (C=O) groups excluding carboxylic acids is 3. The summed E-state index contributed by atoms with van der Waals surface area (Å²) in [4.78, 5) is 35.8. The number of hydrogen-bond acceptors (Lipinski definition) is 6. The lowest BCUT2D eigenvalue weighted by atomic mass is 10.2. The number of carbonyl (C=O) groups is 3. The smallest absolute Gasteiger partial charge is 0.331 e. The Morgan fingerprint density at radius 3 is 2.76 bits per heavy atom. The molecule has 0 unspecified atom stereocenters. The Morgan fingerprint density at radius 1 is 1.32 bits per heavy atom. The summed E-state index contributed by atoms with van der Waals surface area (Å²) >= 11 is 0. The first kappa shape index (κ1) is 18.3. The predicted octanol–water partition coefficient (Wildman–Crippen LogP) is 1.20. The van der Waals surface area contributed by atoms with E-state index in [1.165, 1.54) is 19.3 Å². The molecular formula is C17H20N2O6. The van der Waals surface area contributed by atoms with E-state index in [2.05, 4.69) is 5.32 Å². The summed E-state index contributed by atoms with van der Waals surface area (Å²) in [5, 5.41) is 2.50. The van der Waals surface area contributed by atoms with Crippen molar-refractivity contribution in [3.63, 3.8) is 0 Å². The minimum Gasteiger partial charge on any atom is -0.493 e. The number of imide groups is 1. The molecule has 1 aromatic carbocycles. The van der Waals surface area contributed by atoms with E-state index in [1.54, 1.807) is 18.2 Å². The van der Waals surface area contributed by atoms with Crippen LogP contribution >= 0.6 is 0 Å². The molecule has 1 fully saturated rings. The molecule has 0 bridgehead atoms. The van der Waals surface area contributed by atoms with Gasteiger partial charge in [-0.3, -0.25) is 9.69 Å². The van der Waals surface area contributed by atoms with Gasteiger partial charge in [-0.25, -0.2) is 9.59 Å². The summed E-state index contributed by atoms with van der Waals surface area (Å²) in [6.45, 7) is 2.58. The van der Waals surface area contributed by atoms with Crippen LogP contribution < -0.4 is 14.8 Å². The maximum atomic E-state index is 11.8. The highest BCUT2D eigenvalue weighted by molar-refractivity contribution is 5.97. The van der Waals surface area contributed by atoms with Crippen molar-refractivity contribution in [1.29, 1.82) is 0 Å². The molecule has 0 radical (unpaired) electrons. The maximum Gasteiger partial charge on any atom is 0.331 e. The van der Waals surface area contributed by atoms with Gasteiger partial charge >= 0.3 is 12.0 Å². The molecule has 2 rings (SSSR count). The first-order valence-corrected chi connectivity index (χ1v) is 7.79. The van der Waals surface area contributed by atoms with Gasteiger partial charge in [0.25, 0.3) is 5.91 Å². The van der Waals surface area contributed by atoms with Gasteiger partial charge in [0.15, 0.2) is 18.1 Å². The zero-order chi connectivity index (χ0) is 18.2. The van der Waals surface area contributed by atoms with Gasteiger partial charge in [-0.15, -0.1) is 0 Å². The van der Waals surface area contributed by atoms with Crippen LogP contribution in [0.4, 0.5) is 4.79 Å². The molecule has 1 aliphatic heterocycles. The first-order valence-electron chi connectivity index (χ1n) is 7.79. The number of nitrogens with one attached hydrogen (secondary N) is 1. The number of hydrogen-bond donors (Lipinski definition) is 1. The number of esters is 1. The van der Waals surface area contributed by atoms with Crippen LogP contribution in [0.15, 0.2) is 24.3 Å². The number of ether oxygens (including phenoxy) is 3. The van der Waals surface area contributed by atoms with Crippen molar-refractivity contribution in [3.05, 3.63) is 29.8 Å². The van der Waals surface area contributed by atoms with Gasteiger partial charge in [0.1, 0.15) is 0 Å². The lowest BCUT2D eigenvalue weighted by Crippen LogP contribution is -2.37. The zero-order valence-corrected chi connectivity index (χ0v) is 14.1. The fourth-order valence-electron chi connectivity index (χ4n) is 2.20. The highest BCUT2D eigenvalue weighted by Gasteiger charge is 2.26. The van der Waals surface area contributed by atoms with Crippen molar-refractivity contribution < 1.29 is 28.6 Å². The van der Waals surface area contributed by atoms with Crippen LogP contribution in [0.3, 0.4) is 0 Å². The summed E-state index contributed by atoms with van der Waals surface area (Å²) in [6.07, 6.45) is 2.74. The number of rotatable bonds is 7. The standard InChI is InChI=1S/C17H20N2O6/c1-3-24-13-6-4-12(10-14(13)23-2)5-7-16(21)25-11-15(20)19-9-8-18-17(19)22/h4-7,10H,3,8-9,11H2,1-2H3,(H,18,22)/b7-5+. The van der Waals surface area contributed by atoms with E-state index in [1.807, 2.05) is 6.92 Å². The second-order valence-corrected chi connectivity index (χ2v) is 5.06. The average molecular weight is 348 g/mol. The largest absolute Gasteiger partial charge is 0.493 e. The van der Waals surface area contributed by atoms with Crippen LogP contribution in [-0.4, -0.2) is 56.2 Å². The monoisotopic (exact) mass is 348 g/mol. The minimum absolute atomic E-state index is 0.275. The van der Waals surface area contributed by atoms with Gasteiger partial charge in [-0.05, 0) is 30.7 Å². The van der Waals surface area contributed by atoms with Crippen LogP contribution in [0.2, 0.25) is 0 Å². The summed E-state index contributed by atoms with van der Waals surface area (Å²) in [7, 11) is 1.53. The average Bonchev–Trinajstić information content (AvgIpc) is 3.05. The molecule has 1 aliphatic rings. The molecule has 1 heterocycles. The molecule has 8 nitrogen and oxygen atoms in total. The van der Waals surface area contributed by atoms with E-state index < -0.39 is 24.5 Å². The second-order valence-electron chi connectivity index (χ2n) is 5.06. The Hall–Kier alpha value is -3.03. The number of benzene rings is 1. The SMILES string of the molecule is CCOc1ccc(/C=C/C(=O)OCC(=O)N2CCNC2=O)cc1OC. The fourth-order valence-corrected chi connectivity index (χ4v) is 2.20. The van der Waals surface area contributed by atoms with Crippen molar-refractivity contribution >= 4 is 24.0 Å². The third kappa shape index (κ3) is 4.97. The van der Waals surface area contributed by atoms with E-state index in [0.717, 1.165) is 4.90 Å². The first-order chi connectivity index (χ1) is 12.0. The molecule has 0 saturated carbocycles. The van der Waals surface area contributed by atoms with E-state index in [9.17, 15) is 14.4 Å². The molecule has 25 heavy (non-hydrogen) atoms. The van der Waals surface area contributed by atoms with Crippen LogP contribution in [0.1, 0.15) is 12.5 Å². The van der Waals surface area contributed by atoms with Gasteiger partial charge in [0.05, 0.1) is 13.7 Å². The molecule has 1 saturated heterocycles. The normalized spacial score (nSPS) is 13.7. The number of amides is 3. The third-order valence-corrected chi connectivity index (χ3v) is 3.40. The molecule has 0 spiro atoms. The van der Waals surface area contributed by atoms with Crippen molar-refractivity contribution in [1.82, 2.24) is 10.2 Å². The Labute approximate surface area is 145 Å². The Bertz CT molecular complexity index is 686. The van der Waals surface area contributed by atoms with Crippen molar-refractivity contribution in [2.75, 3.05) is 33.4 Å². The lowest BCUT2D eigenvalue weighted by Gasteiger charge is -2.11. The summed E-state index contributed by atoms with van der Waals surface area (Å²) in [6, 6.07) is 4.74. The quantitative estimate of drug-likeness (QED) is 0.588. The van der Waals surface area contributed by atoms with Gasteiger partial charge in [-0.1, -0.05) is 6.07 Å². The highest BCUT2D eigenvalue weighted by atomic mass is 16.5. The van der Waals surface area contributed by atoms with E-state index >= 15 is 0 Å². The number of methoxy groups -OCH3 is 1. The maximum absolute atomic E-state index is 11.8. The highest BCUT2D eigenvalue weighted by Crippen LogP contribution is 2.28. The fraction of sp³-hybridized carbons (Fsp3) is 0.353.